The van der Waals surface area contributed by atoms with Crippen molar-refractivity contribution >= 4 is 52.3 Å². The Bertz CT molecular complexity index is 664. The number of benzene rings is 1. The van der Waals surface area contributed by atoms with Gasteiger partial charge < -0.3 is 14.3 Å². The van der Waals surface area contributed by atoms with Crippen molar-refractivity contribution in [2.45, 2.75) is 27.2 Å². The van der Waals surface area contributed by atoms with Crippen LogP contribution in [-0.4, -0.2) is 19.1 Å². The third-order valence-electron chi connectivity index (χ3n) is 2.95. The monoisotopic (exact) mass is 425 g/mol. The number of aryl methyl sites for hydroxylation is 2. The van der Waals surface area contributed by atoms with Crippen LogP contribution >= 0.6 is 46.4 Å². The molecule has 25 heavy (non-hydrogen) atoms. The molecule has 0 fully saturated rings. The van der Waals surface area contributed by atoms with E-state index in [9.17, 15) is 0 Å². The molecule has 0 amide bonds. The first-order valence-corrected chi connectivity index (χ1v) is 8.97. The average Bonchev–Trinajstić information content (AvgIpc) is 2.53. The fraction of sp³-hybridized carbons (Fsp3) is 0.353. The molecule has 0 N–H and O–H groups in total. The van der Waals surface area contributed by atoms with E-state index in [1.807, 2.05) is 26.0 Å². The summed E-state index contributed by atoms with van der Waals surface area (Å²) in [6.07, 6.45) is 3.82. The number of oxime groups is 1. The van der Waals surface area contributed by atoms with E-state index in [2.05, 4.69) is 5.16 Å². The maximum Gasteiger partial charge on any atom is 0.228 e. The van der Waals surface area contributed by atoms with Crippen LogP contribution < -0.4 is 9.47 Å². The molecule has 138 valence electrons. The molecule has 0 aliphatic carbocycles. The maximum atomic E-state index is 5.80. The van der Waals surface area contributed by atoms with Gasteiger partial charge >= 0.3 is 0 Å². The summed E-state index contributed by atoms with van der Waals surface area (Å²) in [7, 11) is 0. The van der Waals surface area contributed by atoms with Crippen molar-refractivity contribution < 1.29 is 14.3 Å². The van der Waals surface area contributed by atoms with Gasteiger partial charge in [-0.2, -0.15) is 0 Å². The van der Waals surface area contributed by atoms with E-state index in [-0.39, 0.29) is 22.2 Å². The Morgan fingerprint density at radius 1 is 1.08 bits per heavy atom. The highest BCUT2D eigenvalue weighted by molar-refractivity contribution is 6.56. The molecular weight excluding hydrogens is 408 g/mol. The molecule has 8 heteroatoms. The Kier molecular flexibility index (Phi) is 10.1. The highest BCUT2D eigenvalue weighted by Crippen LogP contribution is 2.30. The molecule has 0 aliphatic heterocycles. The summed E-state index contributed by atoms with van der Waals surface area (Å²) in [5.74, 6) is 1.79. The maximum absolute atomic E-state index is 5.80. The van der Waals surface area contributed by atoms with Crippen LogP contribution in [0.3, 0.4) is 0 Å². The van der Waals surface area contributed by atoms with E-state index in [1.165, 1.54) is 6.08 Å². The summed E-state index contributed by atoms with van der Waals surface area (Å²) in [6, 6.07) is 3.77. The number of halogens is 4. The second-order valence-corrected chi connectivity index (χ2v) is 6.90. The van der Waals surface area contributed by atoms with E-state index in [0.29, 0.717) is 11.6 Å². The third-order valence-corrected chi connectivity index (χ3v) is 3.57. The Hall–Kier alpha value is -1.07. The molecule has 1 aromatic carbocycles. The van der Waals surface area contributed by atoms with E-state index in [0.717, 1.165) is 23.3 Å². The molecular formula is C17H19Cl4NO3. The zero-order chi connectivity index (χ0) is 18.8. The van der Waals surface area contributed by atoms with Gasteiger partial charge in [0.15, 0.2) is 0 Å². The predicted molar refractivity (Wildman–Crippen MR) is 105 cm³/mol. The number of rotatable bonds is 8. The highest BCUT2D eigenvalue weighted by Gasteiger charge is 2.11. The van der Waals surface area contributed by atoms with Gasteiger partial charge in [0.25, 0.3) is 0 Å². The quantitative estimate of drug-likeness (QED) is 0.212. The lowest BCUT2D eigenvalue weighted by Crippen LogP contribution is -2.08. The lowest BCUT2D eigenvalue weighted by Gasteiger charge is -2.15. The SMILES string of the molecule is CCc1cc(OCC=C(Cl)Cl)cc(C)c1OC(C)=NOCC=C(Cl)Cl. The Morgan fingerprint density at radius 2 is 1.72 bits per heavy atom. The van der Waals surface area contributed by atoms with Gasteiger partial charge in [0.1, 0.15) is 33.7 Å². The topological polar surface area (TPSA) is 40.0 Å². The summed E-state index contributed by atoms with van der Waals surface area (Å²) >= 11 is 22.1. The molecule has 0 heterocycles. The predicted octanol–water partition coefficient (Wildman–Crippen LogP) is 6.30. The van der Waals surface area contributed by atoms with Crippen LogP contribution in [0.5, 0.6) is 11.5 Å². The first-order valence-electron chi connectivity index (χ1n) is 7.46. The Morgan fingerprint density at radius 3 is 2.32 bits per heavy atom. The molecule has 0 saturated heterocycles. The molecule has 1 rings (SSSR count). The van der Waals surface area contributed by atoms with Gasteiger partial charge in [-0.1, -0.05) is 58.5 Å². The van der Waals surface area contributed by atoms with E-state index >= 15 is 0 Å². The minimum absolute atomic E-state index is 0.124. The number of nitrogens with zero attached hydrogens (tertiary/aromatic N) is 1. The minimum Gasteiger partial charge on any atom is -0.489 e. The van der Waals surface area contributed by atoms with Gasteiger partial charge in [-0.05, 0) is 48.8 Å². The summed E-state index contributed by atoms with van der Waals surface area (Å²) in [6.45, 7) is 6.10. The van der Waals surface area contributed by atoms with Crippen molar-refractivity contribution in [3.8, 4) is 11.5 Å². The first kappa shape index (κ1) is 22.0. The zero-order valence-corrected chi connectivity index (χ0v) is 17.1. The fourth-order valence-electron chi connectivity index (χ4n) is 1.90. The summed E-state index contributed by atoms with van der Waals surface area (Å²) in [5.41, 5.74) is 1.89. The smallest absolute Gasteiger partial charge is 0.228 e. The lowest BCUT2D eigenvalue weighted by molar-refractivity contribution is 0.167. The van der Waals surface area contributed by atoms with Crippen molar-refractivity contribution in [2.24, 2.45) is 5.16 Å². The number of ether oxygens (including phenoxy) is 2. The molecule has 4 nitrogen and oxygen atoms in total. The van der Waals surface area contributed by atoms with Crippen LogP contribution in [0.2, 0.25) is 0 Å². The molecule has 1 aromatic rings. The van der Waals surface area contributed by atoms with Crippen molar-refractivity contribution in [1.29, 1.82) is 0 Å². The van der Waals surface area contributed by atoms with Gasteiger partial charge in [-0.3, -0.25) is 0 Å². The molecule has 0 radical (unpaired) electrons. The normalized spacial score (nSPS) is 10.9. The van der Waals surface area contributed by atoms with E-state index in [1.54, 1.807) is 13.0 Å². The molecule has 0 unspecified atom stereocenters. The molecule has 0 saturated carbocycles. The average molecular weight is 427 g/mol. The second-order valence-electron chi connectivity index (χ2n) is 4.89. The van der Waals surface area contributed by atoms with E-state index < -0.39 is 0 Å². The zero-order valence-electron chi connectivity index (χ0n) is 14.1. The van der Waals surface area contributed by atoms with Gasteiger partial charge in [-0.15, -0.1) is 0 Å². The van der Waals surface area contributed by atoms with Crippen molar-refractivity contribution in [3.63, 3.8) is 0 Å². The van der Waals surface area contributed by atoms with Crippen molar-refractivity contribution in [3.05, 3.63) is 44.4 Å². The van der Waals surface area contributed by atoms with Crippen molar-refractivity contribution in [2.75, 3.05) is 13.2 Å². The first-order chi connectivity index (χ1) is 11.8. The van der Waals surface area contributed by atoms with Crippen LogP contribution in [0.25, 0.3) is 0 Å². The fourth-order valence-corrected chi connectivity index (χ4v) is 2.15. The van der Waals surface area contributed by atoms with Gasteiger partial charge in [0.05, 0.1) is 0 Å². The molecule has 0 spiro atoms. The summed E-state index contributed by atoms with van der Waals surface area (Å²) in [4.78, 5) is 5.05. The minimum atomic E-state index is 0.124. The lowest BCUT2D eigenvalue weighted by atomic mass is 10.1. The number of hydrogen-bond donors (Lipinski definition) is 0. The van der Waals surface area contributed by atoms with E-state index in [4.69, 9.17) is 60.7 Å². The Labute approximate surface area is 167 Å². The van der Waals surface area contributed by atoms with Crippen LogP contribution in [0.4, 0.5) is 0 Å². The van der Waals surface area contributed by atoms with Crippen LogP contribution in [0.1, 0.15) is 25.0 Å². The number of hydrogen-bond acceptors (Lipinski definition) is 4. The van der Waals surface area contributed by atoms with Crippen molar-refractivity contribution in [1.82, 2.24) is 0 Å². The molecule has 0 aromatic heterocycles. The summed E-state index contributed by atoms with van der Waals surface area (Å²) < 4.78 is 11.7. The van der Waals surface area contributed by atoms with Crippen LogP contribution in [0, 0.1) is 6.92 Å². The molecule has 0 aliphatic rings. The standard InChI is InChI=1S/C17H19Cl4NO3/c1-4-13-10-14(23-7-5-15(18)19)9-11(2)17(13)25-12(3)22-24-8-6-16(20)21/h5-6,9-10H,4,7-8H2,1-3H3. The largest absolute Gasteiger partial charge is 0.489 e. The van der Waals surface area contributed by atoms with Gasteiger partial charge in [0, 0.05) is 6.92 Å². The third kappa shape index (κ3) is 8.73. The van der Waals surface area contributed by atoms with Gasteiger partial charge in [-0.25, -0.2) is 0 Å². The summed E-state index contributed by atoms with van der Waals surface area (Å²) in [5, 5.41) is 3.86. The Balaban J connectivity index is 2.83. The molecule has 0 bridgehead atoms. The molecule has 0 atom stereocenters. The van der Waals surface area contributed by atoms with Gasteiger partial charge in [0.2, 0.25) is 5.90 Å². The van der Waals surface area contributed by atoms with Crippen LogP contribution in [-0.2, 0) is 11.3 Å². The second kappa shape index (κ2) is 11.5. The van der Waals surface area contributed by atoms with Crippen LogP contribution in [0.15, 0.2) is 38.4 Å². The highest BCUT2D eigenvalue weighted by atomic mass is 35.5.